The average molecular weight is 413 g/mol. The van der Waals surface area contributed by atoms with Crippen molar-refractivity contribution in [2.75, 3.05) is 11.5 Å². The number of nitrogens with one attached hydrogen (secondary N) is 1. The Morgan fingerprint density at radius 3 is 2.29 bits per heavy atom. The van der Waals surface area contributed by atoms with Gasteiger partial charge in [0.05, 0.1) is 11.0 Å². The summed E-state index contributed by atoms with van der Waals surface area (Å²) in [6.07, 6.45) is 2.64. The molecule has 5 aromatic rings. The molecule has 1 aromatic heterocycles. The minimum absolute atomic E-state index is 0.212. The van der Waals surface area contributed by atoms with Crippen LogP contribution in [0.4, 0.5) is 11.4 Å². The van der Waals surface area contributed by atoms with Crippen LogP contribution in [-0.2, 0) is 0 Å². The average Bonchev–Trinajstić information content (AvgIpc) is 3.18. The molecule has 0 saturated carbocycles. The zero-order chi connectivity index (χ0) is 22.1. The third-order valence-corrected chi connectivity index (χ3v) is 5.61. The SMILES string of the molecule is CCCC.Cc1cccc(N)c1-c1nc2c3ccc(O)cc3c3cc(N)ccc3c2[nH]1. The summed E-state index contributed by atoms with van der Waals surface area (Å²) in [5.41, 5.74) is 17.4. The van der Waals surface area contributed by atoms with Crippen molar-refractivity contribution >= 4 is 44.0 Å². The number of aromatic nitrogens is 2. The minimum Gasteiger partial charge on any atom is -0.508 e. The molecule has 31 heavy (non-hydrogen) atoms. The number of fused-ring (bicyclic) bond motifs is 6. The van der Waals surface area contributed by atoms with Gasteiger partial charge >= 0.3 is 0 Å². The van der Waals surface area contributed by atoms with Gasteiger partial charge in [0.25, 0.3) is 0 Å². The first-order valence-electron chi connectivity index (χ1n) is 10.6. The Morgan fingerprint density at radius 1 is 0.871 bits per heavy atom. The number of aromatic amines is 1. The van der Waals surface area contributed by atoms with Crippen LogP contribution in [0.5, 0.6) is 5.75 Å². The summed E-state index contributed by atoms with van der Waals surface area (Å²) >= 11 is 0. The highest BCUT2D eigenvalue weighted by Crippen LogP contribution is 2.38. The lowest BCUT2D eigenvalue weighted by Crippen LogP contribution is -1.93. The lowest BCUT2D eigenvalue weighted by molar-refractivity contribution is 0.476. The molecule has 0 bridgehead atoms. The molecule has 0 atom stereocenters. The van der Waals surface area contributed by atoms with Gasteiger partial charge in [-0.15, -0.1) is 0 Å². The largest absolute Gasteiger partial charge is 0.508 e. The van der Waals surface area contributed by atoms with Gasteiger partial charge in [0.15, 0.2) is 0 Å². The van der Waals surface area contributed by atoms with Gasteiger partial charge in [0.1, 0.15) is 11.6 Å². The first-order valence-corrected chi connectivity index (χ1v) is 10.6. The number of rotatable bonds is 2. The summed E-state index contributed by atoms with van der Waals surface area (Å²) in [6, 6.07) is 17.0. The Hall–Kier alpha value is -3.73. The van der Waals surface area contributed by atoms with Crippen LogP contribution in [0.3, 0.4) is 0 Å². The van der Waals surface area contributed by atoms with Gasteiger partial charge in [0, 0.05) is 27.7 Å². The molecule has 158 valence electrons. The second-order valence-electron chi connectivity index (χ2n) is 7.88. The van der Waals surface area contributed by atoms with Gasteiger partial charge in [-0.3, -0.25) is 0 Å². The van der Waals surface area contributed by atoms with E-state index in [9.17, 15) is 5.11 Å². The van der Waals surface area contributed by atoms with Crippen LogP contribution in [-0.4, -0.2) is 15.1 Å². The van der Waals surface area contributed by atoms with Crippen molar-refractivity contribution < 1.29 is 5.11 Å². The maximum atomic E-state index is 10.0. The second-order valence-corrected chi connectivity index (χ2v) is 7.88. The van der Waals surface area contributed by atoms with E-state index in [-0.39, 0.29) is 5.75 Å². The molecule has 5 nitrogen and oxygen atoms in total. The number of anilines is 2. The van der Waals surface area contributed by atoms with Crippen LogP contribution >= 0.6 is 0 Å². The maximum Gasteiger partial charge on any atom is 0.140 e. The molecular weight excluding hydrogens is 384 g/mol. The van der Waals surface area contributed by atoms with Crippen molar-refractivity contribution in [2.24, 2.45) is 0 Å². The fourth-order valence-electron chi connectivity index (χ4n) is 3.86. The number of H-pyrrole nitrogens is 1. The maximum absolute atomic E-state index is 10.0. The van der Waals surface area contributed by atoms with Crippen LogP contribution in [0.1, 0.15) is 32.3 Å². The van der Waals surface area contributed by atoms with Crippen molar-refractivity contribution in [3.8, 4) is 17.1 Å². The molecule has 6 N–H and O–H groups in total. The zero-order valence-electron chi connectivity index (χ0n) is 18.2. The van der Waals surface area contributed by atoms with E-state index < -0.39 is 0 Å². The number of imidazole rings is 1. The number of aromatic hydroxyl groups is 1. The number of hydrogen-bond donors (Lipinski definition) is 4. The Morgan fingerprint density at radius 2 is 1.58 bits per heavy atom. The third-order valence-electron chi connectivity index (χ3n) is 5.61. The number of nitrogens with two attached hydrogens (primary N) is 2. The van der Waals surface area contributed by atoms with E-state index in [4.69, 9.17) is 16.5 Å². The number of phenolic OH excluding ortho intramolecular Hbond substituents is 1. The van der Waals surface area contributed by atoms with E-state index in [1.54, 1.807) is 12.1 Å². The first-order chi connectivity index (χ1) is 14.9. The fraction of sp³-hybridized carbons (Fsp3) is 0.192. The summed E-state index contributed by atoms with van der Waals surface area (Å²) < 4.78 is 0. The quantitative estimate of drug-likeness (QED) is 0.196. The van der Waals surface area contributed by atoms with Gasteiger partial charge < -0.3 is 21.6 Å². The monoisotopic (exact) mass is 412 g/mol. The molecule has 0 spiro atoms. The fourth-order valence-corrected chi connectivity index (χ4v) is 3.86. The Bertz CT molecular complexity index is 1300. The highest BCUT2D eigenvalue weighted by Gasteiger charge is 2.16. The van der Waals surface area contributed by atoms with E-state index in [2.05, 4.69) is 18.8 Å². The summed E-state index contributed by atoms with van der Waals surface area (Å²) in [5, 5.41) is 13.9. The highest BCUT2D eigenvalue weighted by atomic mass is 16.3. The molecule has 0 radical (unpaired) electrons. The predicted octanol–water partition coefficient (Wildman–Crippen LogP) is 6.52. The third kappa shape index (κ3) is 3.63. The van der Waals surface area contributed by atoms with E-state index in [0.717, 1.165) is 49.5 Å². The van der Waals surface area contributed by atoms with Crippen LogP contribution in [0.2, 0.25) is 0 Å². The van der Waals surface area contributed by atoms with E-state index >= 15 is 0 Å². The number of phenols is 1. The van der Waals surface area contributed by atoms with Gasteiger partial charge in [-0.05, 0) is 59.7 Å². The lowest BCUT2D eigenvalue weighted by atomic mass is 9.99. The number of aryl methyl sites for hydroxylation is 1. The molecule has 0 saturated heterocycles. The standard InChI is InChI=1S/C22H18N4O.C4H10/c1-11-3-2-4-18(24)19(11)22-25-20-14-7-5-12(23)9-16(14)17-10-13(27)6-8-15(17)21(20)26-22;1-3-4-2/h2-10,27H,23-24H2,1H3,(H,25,26);3-4H2,1-2H3. The van der Waals surface area contributed by atoms with Gasteiger partial charge in [-0.2, -0.15) is 0 Å². The van der Waals surface area contributed by atoms with Crippen LogP contribution < -0.4 is 11.5 Å². The summed E-state index contributed by atoms with van der Waals surface area (Å²) in [7, 11) is 0. The van der Waals surface area contributed by atoms with Crippen LogP contribution in [0, 0.1) is 6.92 Å². The first kappa shape index (κ1) is 20.5. The summed E-state index contributed by atoms with van der Waals surface area (Å²) in [6.45, 7) is 6.38. The molecule has 0 aliphatic rings. The molecule has 5 heteroatoms. The van der Waals surface area contributed by atoms with Gasteiger partial charge in [0.2, 0.25) is 0 Å². The Kier molecular flexibility index (Phi) is 5.42. The minimum atomic E-state index is 0.212. The van der Waals surface area contributed by atoms with Crippen molar-refractivity contribution in [3.05, 3.63) is 60.2 Å². The topological polar surface area (TPSA) is 101 Å². The van der Waals surface area contributed by atoms with Crippen molar-refractivity contribution in [1.82, 2.24) is 9.97 Å². The molecule has 5 rings (SSSR count). The Balaban J connectivity index is 0.000000535. The summed E-state index contributed by atoms with van der Waals surface area (Å²) in [4.78, 5) is 8.35. The molecule has 0 aliphatic carbocycles. The van der Waals surface area contributed by atoms with Crippen LogP contribution in [0.15, 0.2) is 54.6 Å². The van der Waals surface area contributed by atoms with Gasteiger partial charge in [-0.1, -0.05) is 44.9 Å². The highest BCUT2D eigenvalue weighted by molar-refractivity contribution is 6.24. The molecule has 0 unspecified atom stereocenters. The number of nitrogen functional groups attached to an aromatic ring is 2. The van der Waals surface area contributed by atoms with Crippen molar-refractivity contribution in [1.29, 1.82) is 0 Å². The summed E-state index contributed by atoms with van der Waals surface area (Å²) in [5.74, 6) is 0.948. The number of benzene rings is 4. The smallest absolute Gasteiger partial charge is 0.140 e. The molecule has 0 fully saturated rings. The molecule has 4 aromatic carbocycles. The Labute approximate surface area is 181 Å². The van der Waals surface area contributed by atoms with E-state index in [1.165, 1.54) is 12.8 Å². The number of nitrogens with zero attached hydrogens (tertiary/aromatic N) is 1. The van der Waals surface area contributed by atoms with E-state index in [1.807, 2.05) is 49.4 Å². The van der Waals surface area contributed by atoms with Crippen LogP contribution in [0.25, 0.3) is 44.0 Å². The lowest BCUT2D eigenvalue weighted by Gasteiger charge is -2.07. The second kappa shape index (κ2) is 8.19. The number of unbranched alkanes of at least 4 members (excludes halogenated alkanes) is 1. The number of hydrogen-bond acceptors (Lipinski definition) is 4. The normalized spacial score (nSPS) is 11.1. The zero-order valence-corrected chi connectivity index (χ0v) is 18.2. The van der Waals surface area contributed by atoms with Crippen molar-refractivity contribution in [2.45, 2.75) is 33.6 Å². The molecular formula is C26H28N4O. The molecule has 1 heterocycles. The van der Waals surface area contributed by atoms with Crippen molar-refractivity contribution in [3.63, 3.8) is 0 Å². The predicted molar refractivity (Wildman–Crippen MR) is 132 cm³/mol. The van der Waals surface area contributed by atoms with Gasteiger partial charge in [-0.25, -0.2) is 4.98 Å². The van der Waals surface area contributed by atoms with E-state index in [0.29, 0.717) is 11.4 Å². The molecule has 0 aliphatic heterocycles. The molecule has 0 amide bonds.